The average Bonchev–Trinajstić information content (AvgIpc) is 2.32. The maximum atomic E-state index is 12.8. The number of benzene rings is 2. The van der Waals surface area contributed by atoms with Crippen molar-refractivity contribution in [3.8, 4) is 0 Å². The fourth-order valence-electron chi connectivity index (χ4n) is 1.55. The van der Waals surface area contributed by atoms with E-state index in [1.807, 2.05) is 18.2 Å². The normalized spacial score (nSPS) is 12.4. The first-order valence-electron chi connectivity index (χ1n) is 5.47. The van der Waals surface area contributed by atoms with Crippen LogP contribution in [0.25, 0.3) is 0 Å². The standard InChI is InChI=1S/C14H12BrFOS/c1-9(17)13-7-6-12(8-14(13)15)18-11-4-2-10(16)3-5-11/h2-9,17H,1H3/t9-/m1/s1. The summed E-state index contributed by atoms with van der Waals surface area (Å²) in [6.45, 7) is 1.73. The minimum Gasteiger partial charge on any atom is -0.389 e. The van der Waals surface area contributed by atoms with Gasteiger partial charge < -0.3 is 5.11 Å². The molecule has 0 saturated heterocycles. The van der Waals surface area contributed by atoms with Crippen molar-refractivity contribution in [1.29, 1.82) is 0 Å². The molecule has 2 aromatic rings. The molecular weight excluding hydrogens is 315 g/mol. The third-order valence-electron chi connectivity index (χ3n) is 2.47. The molecule has 0 spiro atoms. The maximum absolute atomic E-state index is 12.8. The Morgan fingerprint density at radius 2 is 1.72 bits per heavy atom. The number of halogens is 2. The molecular formula is C14H12BrFOS. The molecule has 18 heavy (non-hydrogen) atoms. The highest BCUT2D eigenvalue weighted by Crippen LogP contribution is 2.32. The zero-order valence-corrected chi connectivity index (χ0v) is 12.1. The summed E-state index contributed by atoms with van der Waals surface area (Å²) >= 11 is 4.99. The summed E-state index contributed by atoms with van der Waals surface area (Å²) in [6.07, 6.45) is -0.496. The van der Waals surface area contributed by atoms with E-state index >= 15 is 0 Å². The average molecular weight is 327 g/mol. The highest BCUT2D eigenvalue weighted by Gasteiger charge is 2.07. The Labute approximate surface area is 118 Å². The van der Waals surface area contributed by atoms with Crippen LogP contribution >= 0.6 is 27.7 Å². The summed E-state index contributed by atoms with van der Waals surface area (Å²) in [7, 11) is 0. The van der Waals surface area contributed by atoms with Gasteiger partial charge in [-0.05, 0) is 48.9 Å². The van der Waals surface area contributed by atoms with Crippen molar-refractivity contribution in [3.05, 3.63) is 58.3 Å². The Morgan fingerprint density at radius 1 is 1.11 bits per heavy atom. The topological polar surface area (TPSA) is 20.2 Å². The van der Waals surface area contributed by atoms with Crippen LogP contribution in [-0.4, -0.2) is 5.11 Å². The molecule has 0 saturated carbocycles. The van der Waals surface area contributed by atoms with Gasteiger partial charge in [0, 0.05) is 14.3 Å². The van der Waals surface area contributed by atoms with Crippen LogP contribution < -0.4 is 0 Å². The molecule has 0 unspecified atom stereocenters. The van der Waals surface area contributed by atoms with Crippen molar-refractivity contribution >= 4 is 27.7 Å². The lowest BCUT2D eigenvalue weighted by Gasteiger charge is -2.09. The molecule has 2 aromatic carbocycles. The highest BCUT2D eigenvalue weighted by molar-refractivity contribution is 9.10. The van der Waals surface area contributed by atoms with Crippen molar-refractivity contribution in [1.82, 2.24) is 0 Å². The first kappa shape index (κ1) is 13.6. The van der Waals surface area contributed by atoms with Crippen LogP contribution in [0.15, 0.2) is 56.7 Å². The predicted octanol–water partition coefficient (Wildman–Crippen LogP) is 4.79. The van der Waals surface area contributed by atoms with Gasteiger partial charge in [0.25, 0.3) is 0 Å². The van der Waals surface area contributed by atoms with E-state index in [1.54, 1.807) is 30.8 Å². The lowest BCUT2D eigenvalue weighted by atomic mass is 10.1. The smallest absolute Gasteiger partial charge is 0.123 e. The summed E-state index contributed by atoms with van der Waals surface area (Å²) in [6, 6.07) is 12.2. The molecule has 0 aliphatic heterocycles. The van der Waals surface area contributed by atoms with Crippen LogP contribution in [0.1, 0.15) is 18.6 Å². The first-order chi connectivity index (χ1) is 8.56. The molecule has 2 rings (SSSR count). The molecule has 0 bridgehead atoms. The van der Waals surface area contributed by atoms with Gasteiger partial charge in [0.15, 0.2) is 0 Å². The molecule has 0 fully saturated rings. The molecule has 0 aliphatic rings. The van der Waals surface area contributed by atoms with E-state index in [-0.39, 0.29) is 5.82 Å². The summed E-state index contributed by atoms with van der Waals surface area (Å²) in [5.41, 5.74) is 0.860. The van der Waals surface area contributed by atoms with Gasteiger partial charge in [0.05, 0.1) is 6.10 Å². The molecule has 1 N–H and O–H groups in total. The van der Waals surface area contributed by atoms with Gasteiger partial charge in [0.2, 0.25) is 0 Å². The molecule has 1 atom stereocenters. The zero-order chi connectivity index (χ0) is 13.1. The van der Waals surface area contributed by atoms with Gasteiger partial charge in [-0.1, -0.05) is 33.8 Å². The number of hydrogen-bond acceptors (Lipinski definition) is 2. The first-order valence-corrected chi connectivity index (χ1v) is 7.08. The zero-order valence-electron chi connectivity index (χ0n) is 9.73. The maximum Gasteiger partial charge on any atom is 0.123 e. The second-order valence-electron chi connectivity index (χ2n) is 3.92. The second kappa shape index (κ2) is 5.87. The Hall–Kier alpha value is -0.840. The van der Waals surface area contributed by atoms with E-state index in [9.17, 15) is 9.50 Å². The second-order valence-corrected chi connectivity index (χ2v) is 5.92. The molecule has 0 radical (unpaired) electrons. The lowest BCUT2D eigenvalue weighted by Crippen LogP contribution is -1.92. The van der Waals surface area contributed by atoms with E-state index < -0.39 is 6.10 Å². The van der Waals surface area contributed by atoms with E-state index in [2.05, 4.69) is 15.9 Å². The van der Waals surface area contributed by atoms with E-state index in [0.717, 1.165) is 19.8 Å². The summed E-state index contributed by atoms with van der Waals surface area (Å²) < 4.78 is 13.7. The van der Waals surface area contributed by atoms with Crippen LogP contribution in [0.5, 0.6) is 0 Å². The third-order valence-corrected chi connectivity index (χ3v) is 4.16. The monoisotopic (exact) mass is 326 g/mol. The highest BCUT2D eigenvalue weighted by atomic mass is 79.9. The number of rotatable bonds is 3. The molecule has 4 heteroatoms. The van der Waals surface area contributed by atoms with Crippen LogP contribution in [0, 0.1) is 5.82 Å². The quantitative estimate of drug-likeness (QED) is 0.874. The summed E-state index contributed by atoms with van der Waals surface area (Å²) in [5, 5.41) is 9.54. The van der Waals surface area contributed by atoms with Gasteiger partial charge in [-0.15, -0.1) is 0 Å². The Bertz CT molecular complexity index is 540. The third kappa shape index (κ3) is 3.34. The predicted molar refractivity (Wildman–Crippen MR) is 75.3 cm³/mol. The minimum atomic E-state index is -0.496. The van der Waals surface area contributed by atoms with Crippen molar-refractivity contribution < 1.29 is 9.50 Å². The van der Waals surface area contributed by atoms with Crippen LogP contribution in [0.3, 0.4) is 0 Å². The van der Waals surface area contributed by atoms with E-state index in [4.69, 9.17) is 0 Å². The Kier molecular flexibility index (Phi) is 4.43. The molecule has 94 valence electrons. The lowest BCUT2D eigenvalue weighted by molar-refractivity contribution is 0.198. The summed E-state index contributed by atoms with van der Waals surface area (Å²) in [4.78, 5) is 2.02. The van der Waals surface area contributed by atoms with Crippen LogP contribution in [0.4, 0.5) is 4.39 Å². The fourth-order valence-corrected chi connectivity index (χ4v) is 3.27. The molecule has 0 aromatic heterocycles. The Balaban J connectivity index is 2.20. The van der Waals surface area contributed by atoms with Gasteiger partial charge in [0.1, 0.15) is 5.82 Å². The number of aliphatic hydroxyl groups excluding tert-OH is 1. The summed E-state index contributed by atoms with van der Waals surface area (Å²) in [5.74, 6) is -0.231. The van der Waals surface area contributed by atoms with E-state index in [1.165, 1.54) is 12.1 Å². The van der Waals surface area contributed by atoms with Crippen LogP contribution in [-0.2, 0) is 0 Å². The fraction of sp³-hybridized carbons (Fsp3) is 0.143. The Morgan fingerprint density at radius 3 is 2.28 bits per heavy atom. The molecule has 0 heterocycles. The largest absolute Gasteiger partial charge is 0.389 e. The SMILES string of the molecule is C[C@@H](O)c1ccc(Sc2ccc(F)cc2)cc1Br. The van der Waals surface area contributed by atoms with Gasteiger partial charge in [-0.3, -0.25) is 0 Å². The minimum absolute atomic E-state index is 0.231. The van der Waals surface area contributed by atoms with Crippen molar-refractivity contribution in [3.63, 3.8) is 0 Å². The van der Waals surface area contributed by atoms with Crippen molar-refractivity contribution in [2.45, 2.75) is 22.8 Å². The van der Waals surface area contributed by atoms with Gasteiger partial charge in [-0.2, -0.15) is 0 Å². The molecule has 0 aliphatic carbocycles. The molecule has 1 nitrogen and oxygen atoms in total. The van der Waals surface area contributed by atoms with Crippen LogP contribution in [0.2, 0.25) is 0 Å². The van der Waals surface area contributed by atoms with Crippen molar-refractivity contribution in [2.75, 3.05) is 0 Å². The van der Waals surface area contributed by atoms with Crippen molar-refractivity contribution in [2.24, 2.45) is 0 Å². The number of aliphatic hydroxyl groups is 1. The van der Waals surface area contributed by atoms with Gasteiger partial charge in [-0.25, -0.2) is 4.39 Å². The van der Waals surface area contributed by atoms with E-state index in [0.29, 0.717) is 0 Å². The number of hydrogen-bond donors (Lipinski definition) is 1. The molecule has 0 amide bonds. The van der Waals surface area contributed by atoms with Gasteiger partial charge >= 0.3 is 0 Å².